The van der Waals surface area contributed by atoms with Gasteiger partial charge in [0.05, 0.1) is 28.8 Å². The first-order valence-corrected chi connectivity index (χ1v) is 8.87. The molecule has 0 bridgehead atoms. The number of nitrogens with zero attached hydrogens (tertiary/aromatic N) is 6. The lowest BCUT2D eigenvalue weighted by molar-refractivity contribution is 0.318. The van der Waals surface area contributed by atoms with Gasteiger partial charge in [-0.05, 0) is 36.4 Å². The number of benzene rings is 2. The van der Waals surface area contributed by atoms with Crippen LogP contribution in [0.25, 0.3) is 22.8 Å². The molecule has 0 atom stereocenters. The van der Waals surface area contributed by atoms with Crippen molar-refractivity contribution in [2.24, 2.45) is 10.9 Å². The molecule has 0 aliphatic rings. The molecule has 0 amide bonds. The van der Waals surface area contributed by atoms with Crippen LogP contribution in [-0.4, -0.2) is 26.2 Å². The van der Waals surface area contributed by atoms with Crippen molar-refractivity contribution in [2.45, 2.75) is 0 Å². The smallest absolute Gasteiger partial charge is 0.259 e. The molecule has 150 valence electrons. The van der Waals surface area contributed by atoms with Gasteiger partial charge in [0.25, 0.3) is 5.89 Å². The normalized spacial score (nSPS) is 10.3. The number of pyridine rings is 1. The van der Waals surface area contributed by atoms with Gasteiger partial charge in [-0.3, -0.25) is 4.98 Å². The molecular formula is C22H15N7O2. The topological polar surface area (TPSA) is 158 Å². The highest BCUT2D eigenvalue weighted by atomic mass is 16.5. The molecule has 4 rings (SSSR count). The third-order valence-corrected chi connectivity index (χ3v) is 3.98. The SMILES string of the molecule is N#Cc1cccc(-c2noc(-c3cccnc3)n2)c1.N#Cc1cccc(C(N)=NO)c1. The lowest BCUT2D eigenvalue weighted by Gasteiger charge is -1.96. The van der Waals surface area contributed by atoms with Crippen LogP contribution >= 0.6 is 0 Å². The number of hydrogen-bond donors (Lipinski definition) is 2. The van der Waals surface area contributed by atoms with Crippen LogP contribution in [-0.2, 0) is 0 Å². The van der Waals surface area contributed by atoms with Gasteiger partial charge in [0.15, 0.2) is 5.84 Å². The molecule has 0 spiro atoms. The summed E-state index contributed by atoms with van der Waals surface area (Å²) >= 11 is 0. The zero-order valence-corrected chi connectivity index (χ0v) is 16.0. The summed E-state index contributed by atoms with van der Waals surface area (Å²) in [5.41, 5.74) is 8.40. The molecule has 2 aromatic carbocycles. The molecular weight excluding hydrogens is 394 g/mol. The van der Waals surface area contributed by atoms with Gasteiger partial charge in [0.2, 0.25) is 5.82 Å². The summed E-state index contributed by atoms with van der Waals surface area (Å²) in [4.78, 5) is 8.30. The zero-order valence-electron chi connectivity index (χ0n) is 16.0. The number of aromatic nitrogens is 3. The van der Waals surface area contributed by atoms with E-state index in [9.17, 15) is 0 Å². The van der Waals surface area contributed by atoms with Gasteiger partial charge in [-0.1, -0.05) is 34.6 Å². The van der Waals surface area contributed by atoms with Gasteiger partial charge in [0, 0.05) is 23.5 Å². The predicted octanol–water partition coefficient (Wildman–Crippen LogP) is 3.32. The molecule has 0 saturated carbocycles. The fourth-order valence-electron chi connectivity index (χ4n) is 2.48. The number of nitrogens with two attached hydrogens (primary N) is 1. The molecule has 0 unspecified atom stereocenters. The first-order valence-electron chi connectivity index (χ1n) is 8.87. The Morgan fingerprint density at radius 1 is 0.968 bits per heavy atom. The summed E-state index contributed by atoms with van der Waals surface area (Å²) in [5.74, 6) is 0.869. The van der Waals surface area contributed by atoms with Gasteiger partial charge in [-0.15, -0.1) is 0 Å². The molecule has 0 aliphatic heterocycles. The van der Waals surface area contributed by atoms with E-state index in [1.54, 1.807) is 60.9 Å². The molecule has 4 aromatic rings. The Kier molecular flexibility index (Phi) is 6.65. The Hall–Kier alpha value is -5.02. The van der Waals surface area contributed by atoms with Gasteiger partial charge >= 0.3 is 0 Å². The molecule has 0 aliphatic carbocycles. The van der Waals surface area contributed by atoms with E-state index >= 15 is 0 Å². The third kappa shape index (κ3) is 5.28. The minimum Gasteiger partial charge on any atom is -0.409 e. The third-order valence-electron chi connectivity index (χ3n) is 3.98. The van der Waals surface area contributed by atoms with Gasteiger partial charge in [-0.25, -0.2) is 0 Å². The average molecular weight is 409 g/mol. The first-order chi connectivity index (χ1) is 15.1. The molecule has 2 aromatic heterocycles. The van der Waals surface area contributed by atoms with E-state index in [-0.39, 0.29) is 5.84 Å². The maximum Gasteiger partial charge on any atom is 0.259 e. The van der Waals surface area contributed by atoms with Crippen molar-refractivity contribution in [3.8, 4) is 35.0 Å². The predicted molar refractivity (Wildman–Crippen MR) is 111 cm³/mol. The fourth-order valence-corrected chi connectivity index (χ4v) is 2.48. The maximum absolute atomic E-state index is 8.87. The summed E-state index contributed by atoms with van der Waals surface area (Å²) < 4.78 is 5.19. The summed E-state index contributed by atoms with van der Waals surface area (Å²) in [6, 6.07) is 21.3. The minimum atomic E-state index is 0.00657. The molecule has 0 saturated heterocycles. The van der Waals surface area contributed by atoms with Crippen molar-refractivity contribution in [3.63, 3.8) is 0 Å². The summed E-state index contributed by atoms with van der Waals surface area (Å²) in [6.45, 7) is 0. The largest absolute Gasteiger partial charge is 0.409 e. The molecule has 9 heteroatoms. The van der Waals surface area contributed by atoms with Gasteiger partial charge < -0.3 is 15.5 Å². The van der Waals surface area contributed by atoms with Crippen LogP contribution in [0.1, 0.15) is 16.7 Å². The molecule has 0 fully saturated rings. The number of hydrogen-bond acceptors (Lipinski definition) is 8. The van der Waals surface area contributed by atoms with Gasteiger partial charge in [0.1, 0.15) is 0 Å². The van der Waals surface area contributed by atoms with E-state index in [0.717, 1.165) is 11.1 Å². The van der Waals surface area contributed by atoms with Crippen molar-refractivity contribution >= 4 is 5.84 Å². The first kappa shape index (κ1) is 20.7. The van der Waals surface area contributed by atoms with Gasteiger partial charge in [-0.2, -0.15) is 15.5 Å². The van der Waals surface area contributed by atoms with Crippen molar-refractivity contribution in [2.75, 3.05) is 0 Å². The van der Waals surface area contributed by atoms with E-state index < -0.39 is 0 Å². The Morgan fingerprint density at radius 2 is 1.68 bits per heavy atom. The van der Waals surface area contributed by atoms with Crippen LogP contribution in [0.5, 0.6) is 0 Å². The second kappa shape index (κ2) is 9.96. The Bertz CT molecular complexity index is 1280. The van der Waals surface area contributed by atoms with E-state index in [1.807, 2.05) is 18.2 Å². The summed E-state index contributed by atoms with van der Waals surface area (Å²) in [7, 11) is 0. The summed E-state index contributed by atoms with van der Waals surface area (Å²) in [6.07, 6.45) is 3.33. The highest BCUT2D eigenvalue weighted by molar-refractivity contribution is 5.97. The molecule has 3 N–H and O–H groups in total. The van der Waals surface area contributed by atoms with Crippen LogP contribution in [0.3, 0.4) is 0 Å². The monoisotopic (exact) mass is 409 g/mol. The number of amidine groups is 1. The van der Waals surface area contributed by atoms with E-state index in [4.69, 9.17) is 26.0 Å². The molecule has 2 heterocycles. The van der Waals surface area contributed by atoms with E-state index in [1.165, 1.54) is 0 Å². The van der Waals surface area contributed by atoms with Crippen LogP contribution < -0.4 is 5.73 Å². The molecule has 0 radical (unpaired) electrons. The summed E-state index contributed by atoms with van der Waals surface area (Å²) in [5, 5.41) is 32.5. The van der Waals surface area contributed by atoms with Crippen molar-refractivity contribution in [1.82, 2.24) is 15.1 Å². The molecule has 9 nitrogen and oxygen atoms in total. The lowest BCUT2D eigenvalue weighted by atomic mass is 10.1. The van der Waals surface area contributed by atoms with Crippen LogP contribution in [0, 0.1) is 22.7 Å². The quantitative estimate of drug-likeness (QED) is 0.226. The highest BCUT2D eigenvalue weighted by Gasteiger charge is 2.10. The zero-order chi connectivity index (χ0) is 22.1. The van der Waals surface area contributed by atoms with Crippen LogP contribution in [0.4, 0.5) is 0 Å². The Labute approximate surface area is 177 Å². The average Bonchev–Trinajstić information content (AvgIpc) is 3.35. The van der Waals surface area contributed by atoms with Crippen molar-refractivity contribution < 1.29 is 9.73 Å². The second-order valence-corrected chi connectivity index (χ2v) is 6.04. The molecule has 31 heavy (non-hydrogen) atoms. The highest BCUT2D eigenvalue weighted by Crippen LogP contribution is 2.21. The van der Waals surface area contributed by atoms with Crippen molar-refractivity contribution in [1.29, 1.82) is 10.5 Å². The van der Waals surface area contributed by atoms with Crippen LogP contribution in [0.2, 0.25) is 0 Å². The fraction of sp³-hybridized carbons (Fsp3) is 0. The number of nitriles is 2. The maximum atomic E-state index is 8.87. The number of rotatable bonds is 3. The lowest BCUT2D eigenvalue weighted by Crippen LogP contribution is -2.12. The standard InChI is InChI=1S/C14H8N4O.C8H7N3O/c15-8-10-3-1-4-11(7-10)13-17-14(19-18-13)12-5-2-6-16-9-12;9-5-6-2-1-3-7(4-6)8(10)11-12/h1-7,9H;1-4,12H,(H2,10,11). The minimum absolute atomic E-state index is 0.00657. The second-order valence-electron chi connectivity index (χ2n) is 6.04. The van der Waals surface area contributed by atoms with Crippen molar-refractivity contribution in [3.05, 3.63) is 89.7 Å². The van der Waals surface area contributed by atoms with Crippen LogP contribution in [0.15, 0.2) is 82.7 Å². The Balaban J connectivity index is 0.000000196. The van der Waals surface area contributed by atoms with E-state index in [0.29, 0.717) is 28.4 Å². The Morgan fingerprint density at radius 3 is 2.35 bits per heavy atom. The number of oxime groups is 1. The van der Waals surface area contributed by atoms with E-state index in [2.05, 4.69) is 26.3 Å².